The molecule has 0 aliphatic carbocycles. The number of carbonyl (C=O) groups excluding carboxylic acids is 4. The van der Waals surface area contributed by atoms with E-state index in [9.17, 15) is 29.4 Å². The molecular formula is C33H36N4O6-2. The fourth-order valence-corrected chi connectivity index (χ4v) is 5.90. The van der Waals surface area contributed by atoms with Gasteiger partial charge in [-0.25, -0.2) is 4.99 Å². The van der Waals surface area contributed by atoms with E-state index in [1.807, 2.05) is 33.8 Å². The fourth-order valence-electron chi connectivity index (χ4n) is 5.90. The van der Waals surface area contributed by atoms with Crippen molar-refractivity contribution in [3.63, 3.8) is 0 Å². The molecule has 0 radical (unpaired) electrons. The molecule has 2 aromatic rings. The molecule has 43 heavy (non-hydrogen) atoms. The number of aromatic nitrogens is 2. The lowest BCUT2D eigenvalue weighted by Gasteiger charge is -2.13. The second kappa shape index (κ2) is 12.6. The van der Waals surface area contributed by atoms with Gasteiger partial charge in [-0.3, -0.25) is 9.59 Å². The van der Waals surface area contributed by atoms with Gasteiger partial charge in [0.1, 0.15) is 0 Å². The summed E-state index contributed by atoms with van der Waals surface area (Å²) in [6.45, 7) is 13.1. The van der Waals surface area contributed by atoms with Crippen molar-refractivity contribution in [3.8, 4) is 0 Å². The van der Waals surface area contributed by atoms with Crippen molar-refractivity contribution >= 4 is 41.6 Å². The Kier molecular flexibility index (Phi) is 9.18. The second-order valence-electron chi connectivity index (χ2n) is 11.0. The molecule has 0 spiro atoms. The van der Waals surface area contributed by atoms with E-state index in [0.717, 1.165) is 39.1 Å². The molecule has 0 fully saturated rings. The van der Waals surface area contributed by atoms with Crippen LogP contribution in [0.3, 0.4) is 0 Å². The summed E-state index contributed by atoms with van der Waals surface area (Å²) >= 11 is 0. The summed E-state index contributed by atoms with van der Waals surface area (Å²) in [7, 11) is 0. The van der Waals surface area contributed by atoms with Crippen LogP contribution in [0.4, 0.5) is 0 Å². The maximum atomic E-state index is 12.3. The molecule has 10 heteroatoms. The predicted octanol–water partition coefficient (Wildman–Crippen LogP) is 0.185. The van der Waals surface area contributed by atoms with Crippen LogP contribution in [-0.2, 0) is 38.4 Å². The maximum absolute atomic E-state index is 12.3. The van der Waals surface area contributed by atoms with Gasteiger partial charge in [-0.1, -0.05) is 19.6 Å². The van der Waals surface area contributed by atoms with Crippen LogP contribution in [0.25, 0.3) is 12.2 Å². The Morgan fingerprint density at radius 3 is 2.14 bits per heavy atom. The molecule has 0 saturated heterocycles. The molecule has 2 aromatic heterocycles. The third-order valence-electron chi connectivity index (χ3n) is 8.45. The number of carbonyl (C=O) groups is 4. The number of H-pyrrole nitrogens is 2. The minimum atomic E-state index is -1.18. The SMILES string of the molecule is C=CC1=C(C)C(=O)N[C@@H]1Cc1[nH]c(/C=c2\[nH]c(=CC3=NC(=O)C(CC)=C3C)c(C)c2CCC(=O)[O-])c(CCC(=O)[O-])c1C. The number of rotatable bonds is 12. The zero-order valence-electron chi connectivity index (χ0n) is 25.2. The normalized spacial score (nSPS) is 17.8. The Morgan fingerprint density at radius 1 is 0.907 bits per heavy atom. The lowest BCUT2D eigenvalue weighted by Crippen LogP contribution is -2.30. The van der Waals surface area contributed by atoms with Gasteiger partial charge in [-0.15, -0.1) is 0 Å². The van der Waals surface area contributed by atoms with Crippen LogP contribution >= 0.6 is 0 Å². The maximum Gasteiger partial charge on any atom is 0.273 e. The first-order valence-corrected chi connectivity index (χ1v) is 14.3. The lowest BCUT2D eigenvalue weighted by atomic mass is 9.98. The average Bonchev–Trinajstić information content (AvgIpc) is 3.59. The number of aromatic amines is 2. The lowest BCUT2D eigenvalue weighted by molar-refractivity contribution is -0.307. The van der Waals surface area contributed by atoms with Crippen LogP contribution in [0.1, 0.15) is 73.7 Å². The van der Waals surface area contributed by atoms with Gasteiger partial charge in [0.25, 0.3) is 5.91 Å². The minimum Gasteiger partial charge on any atom is -0.550 e. The van der Waals surface area contributed by atoms with Gasteiger partial charge in [0.05, 0.1) is 11.8 Å². The van der Waals surface area contributed by atoms with Gasteiger partial charge in [0, 0.05) is 51.6 Å². The summed E-state index contributed by atoms with van der Waals surface area (Å²) in [5, 5.41) is 27.1. The number of carboxylic acid groups (broad SMARTS) is 2. The molecule has 0 bridgehead atoms. The van der Waals surface area contributed by atoms with Crippen molar-refractivity contribution in [3.05, 3.63) is 79.3 Å². The van der Waals surface area contributed by atoms with Crippen molar-refractivity contribution in [1.29, 1.82) is 0 Å². The highest BCUT2D eigenvalue weighted by Gasteiger charge is 2.28. The first-order chi connectivity index (χ1) is 20.4. The number of aliphatic imine (C=N–C) groups is 1. The third kappa shape index (κ3) is 6.38. The monoisotopic (exact) mass is 584 g/mol. The number of hydrogen-bond donors (Lipinski definition) is 3. The summed E-state index contributed by atoms with van der Waals surface area (Å²) in [5.41, 5.74) is 8.16. The summed E-state index contributed by atoms with van der Waals surface area (Å²) in [6.07, 6.45) is 6.37. The molecule has 0 saturated carbocycles. The largest absolute Gasteiger partial charge is 0.550 e. The Labute approximate surface area is 249 Å². The molecule has 0 unspecified atom stereocenters. The van der Waals surface area contributed by atoms with Crippen molar-refractivity contribution in [2.45, 2.75) is 79.2 Å². The number of allylic oxidation sites excluding steroid dienone is 1. The van der Waals surface area contributed by atoms with E-state index in [2.05, 4.69) is 26.9 Å². The van der Waals surface area contributed by atoms with Crippen molar-refractivity contribution in [2.24, 2.45) is 4.99 Å². The number of hydrogen-bond acceptors (Lipinski definition) is 6. The van der Waals surface area contributed by atoms with E-state index in [0.29, 0.717) is 46.1 Å². The predicted molar refractivity (Wildman–Crippen MR) is 159 cm³/mol. The van der Waals surface area contributed by atoms with E-state index in [4.69, 9.17) is 0 Å². The first kappa shape index (κ1) is 31.2. The fraction of sp³-hybridized carbons (Fsp3) is 0.364. The van der Waals surface area contributed by atoms with Gasteiger partial charge in [-0.05, 0) is 105 Å². The van der Waals surface area contributed by atoms with Gasteiger partial charge >= 0.3 is 0 Å². The molecule has 2 aliphatic rings. The van der Waals surface area contributed by atoms with Crippen molar-refractivity contribution < 1.29 is 29.4 Å². The van der Waals surface area contributed by atoms with Crippen molar-refractivity contribution in [2.75, 3.05) is 0 Å². The van der Waals surface area contributed by atoms with E-state index < -0.39 is 11.9 Å². The highest BCUT2D eigenvalue weighted by atomic mass is 16.4. The summed E-state index contributed by atoms with van der Waals surface area (Å²) in [5.74, 6) is -2.76. The number of aliphatic carboxylic acids is 2. The van der Waals surface area contributed by atoms with Crippen LogP contribution in [0.5, 0.6) is 0 Å². The van der Waals surface area contributed by atoms with E-state index in [1.54, 1.807) is 19.1 Å². The molecule has 2 aliphatic heterocycles. The minimum absolute atomic E-state index is 0.152. The Hall–Kier alpha value is -4.73. The third-order valence-corrected chi connectivity index (χ3v) is 8.45. The van der Waals surface area contributed by atoms with E-state index in [1.165, 1.54) is 0 Å². The zero-order valence-corrected chi connectivity index (χ0v) is 25.2. The van der Waals surface area contributed by atoms with Crippen LogP contribution in [0, 0.1) is 13.8 Å². The molecule has 1 atom stereocenters. The van der Waals surface area contributed by atoms with Gasteiger partial charge in [0.2, 0.25) is 5.91 Å². The first-order valence-electron chi connectivity index (χ1n) is 14.3. The Balaban J connectivity index is 1.86. The topological polar surface area (TPSA) is 170 Å². The van der Waals surface area contributed by atoms with Gasteiger partial charge in [0.15, 0.2) is 0 Å². The quantitative estimate of drug-likeness (QED) is 0.321. The van der Waals surface area contributed by atoms with Crippen LogP contribution < -0.4 is 26.2 Å². The standard InChI is InChI=1S/C33H38N4O6/c1-7-20-19(6)32(42)37-27(20)14-25-18(5)23(10-12-31(40)41)29(35-25)15-28-22(9-11-30(38)39)17(4)24(34-28)13-26-16(3)21(8-2)33(43)36-26/h7,13,15,27,34-35H,1,8-12,14H2,2-6H3,(H,37,42)(H,38,39)(H,40,41)/p-2/b24-13?,28-15-/t27-/m1/s1. The molecule has 2 amide bonds. The van der Waals surface area contributed by atoms with Crippen LogP contribution in [0.15, 0.2) is 39.9 Å². The zero-order chi connectivity index (χ0) is 31.6. The molecule has 226 valence electrons. The average molecular weight is 585 g/mol. The molecular weight excluding hydrogens is 548 g/mol. The van der Waals surface area contributed by atoms with E-state index in [-0.39, 0.29) is 43.5 Å². The highest BCUT2D eigenvalue weighted by Crippen LogP contribution is 2.27. The second-order valence-corrected chi connectivity index (χ2v) is 11.0. The number of amides is 2. The Bertz CT molecular complexity index is 1760. The molecule has 4 heterocycles. The molecule has 4 rings (SSSR count). The van der Waals surface area contributed by atoms with Gasteiger partial charge < -0.3 is 35.1 Å². The van der Waals surface area contributed by atoms with Crippen LogP contribution in [0.2, 0.25) is 0 Å². The van der Waals surface area contributed by atoms with Crippen LogP contribution in [-0.4, -0.2) is 45.5 Å². The molecule has 0 aromatic carbocycles. The number of nitrogens with one attached hydrogen (secondary N) is 3. The molecule has 10 nitrogen and oxygen atoms in total. The number of carboxylic acids is 2. The summed E-state index contributed by atoms with van der Waals surface area (Å²) in [6, 6.07) is -0.282. The summed E-state index contributed by atoms with van der Waals surface area (Å²) in [4.78, 5) is 58.4. The molecule has 3 N–H and O–H groups in total. The smallest absolute Gasteiger partial charge is 0.273 e. The Morgan fingerprint density at radius 2 is 1.56 bits per heavy atom. The van der Waals surface area contributed by atoms with E-state index >= 15 is 0 Å². The number of nitrogens with zero attached hydrogens (tertiary/aromatic N) is 1. The highest BCUT2D eigenvalue weighted by molar-refractivity contribution is 6.30. The van der Waals surface area contributed by atoms with Crippen molar-refractivity contribution in [1.82, 2.24) is 15.3 Å². The summed E-state index contributed by atoms with van der Waals surface area (Å²) < 4.78 is 0. The van der Waals surface area contributed by atoms with Gasteiger partial charge in [-0.2, -0.15) is 0 Å².